The molecular formula is C7H5ClF2O2. The molecule has 0 N–H and O–H groups in total. The summed E-state index contributed by atoms with van der Waals surface area (Å²) < 4.78 is 28.8. The molecule has 12 heavy (non-hydrogen) atoms. The number of hydrogen-bond donors (Lipinski definition) is 0. The Balaban J connectivity index is 2.60. The number of hydrogen-bond acceptors (Lipinski definition) is 2. The van der Waals surface area contributed by atoms with Crippen molar-refractivity contribution in [1.82, 2.24) is 0 Å². The topological polar surface area (TPSA) is 30.2 Å². The van der Waals surface area contributed by atoms with Gasteiger partial charge >= 0.3 is 5.38 Å². The predicted octanol–water partition coefficient (Wildman–Crippen LogP) is 2.22. The van der Waals surface area contributed by atoms with E-state index in [9.17, 15) is 13.6 Å². The van der Waals surface area contributed by atoms with Crippen LogP contribution < -0.4 is 0 Å². The molecule has 0 saturated heterocycles. The summed E-state index contributed by atoms with van der Waals surface area (Å²) in [4.78, 5) is 10.6. The Morgan fingerprint density at radius 1 is 1.67 bits per heavy atom. The number of halogens is 3. The minimum absolute atomic E-state index is 0.389. The number of carbonyl (C=O) groups excluding carboxylic acids is 1. The SMILES string of the molecule is O=C(Cc1ccoc1)C(F)(F)Cl. The van der Waals surface area contributed by atoms with Crippen LogP contribution in [0.1, 0.15) is 5.56 Å². The summed E-state index contributed by atoms with van der Waals surface area (Å²) in [7, 11) is 0. The Kier molecular flexibility index (Phi) is 2.47. The first-order chi connectivity index (χ1) is 5.50. The number of ketones is 1. The second-order valence-electron chi connectivity index (χ2n) is 2.23. The zero-order chi connectivity index (χ0) is 9.19. The molecule has 2 nitrogen and oxygen atoms in total. The largest absolute Gasteiger partial charge is 0.472 e. The lowest BCUT2D eigenvalue weighted by molar-refractivity contribution is -0.132. The van der Waals surface area contributed by atoms with Crippen LogP contribution in [-0.4, -0.2) is 11.2 Å². The van der Waals surface area contributed by atoms with E-state index in [0.717, 1.165) is 0 Å². The number of rotatable bonds is 3. The van der Waals surface area contributed by atoms with Crippen molar-refractivity contribution >= 4 is 17.4 Å². The monoisotopic (exact) mass is 194 g/mol. The molecule has 0 radical (unpaired) electrons. The second-order valence-corrected chi connectivity index (χ2v) is 2.70. The first-order valence-corrected chi connectivity index (χ1v) is 3.49. The van der Waals surface area contributed by atoms with Gasteiger partial charge in [-0.1, -0.05) is 0 Å². The molecule has 0 bridgehead atoms. The maximum atomic E-state index is 12.1. The van der Waals surface area contributed by atoms with Gasteiger partial charge in [0.2, 0.25) is 5.78 Å². The minimum Gasteiger partial charge on any atom is -0.472 e. The first kappa shape index (κ1) is 9.19. The molecule has 1 aromatic heterocycles. The van der Waals surface area contributed by atoms with Gasteiger partial charge in [-0.15, -0.1) is 0 Å². The molecule has 0 amide bonds. The van der Waals surface area contributed by atoms with Crippen LogP contribution >= 0.6 is 11.6 Å². The van der Waals surface area contributed by atoms with Gasteiger partial charge in [0.15, 0.2) is 0 Å². The molecule has 0 aliphatic carbocycles. The lowest BCUT2D eigenvalue weighted by atomic mass is 10.2. The van der Waals surface area contributed by atoms with E-state index < -0.39 is 17.6 Å². The van der Waals surface area contributed by atoms with Crippen molar-refractivity contribution in [3.05, 3.63) is 24.2 Å². The van der Waals surface area contributed by atoms with Crippen LogP contribution in [0, 0.1) is 0 Å². The highest BCUT2D eigenvalue weighted by Crippen LogP contribution is 2.21. The van der Waals surface area contributed by atoms with Crippen LogP contribution in [0.15, 0.2) is 23.0 Å². The molecule has 0 unspecified atom stereocenters. The van der Waals surface area contributed by atoms with E-state index in [2.05, 4.69) is 16.0 Å². The zero-order valence-corrected chi connectivity index (χ0v) is 6.65. The average molecular weight is 195 g/mol. The van der Waals surface area contributed by atoms with Crippen LogP contribution in [0.25, 0.3) is 0 Å². The van der Waals surface area contributed by atoms with E-state index in [1.165, 1.54) is 18.6 Å². The fraction of sp³-hybridized carbons (Fsp3) is 0.286. The molecule has 0 spiro atoms. The lowest BCUT2D eigenvalue weighted by Crippen LogP contribution is -2.23. The maximum Gasteiger partial charge on any atom is 0.380 e. The number of Topliss-reactive ketones (excluding diaryl/α,β-unsaturated/α-hetero) is 1. The summed E-state index contributed by atoms with van der Waals surface area (Å²) in [6, 6.07) is 1.43. The Morgan fingerprint density at radius 2 is 2.33 bits per heavy atom. The summed E-state index contributed by atoms with van der Waals surface area (Å²) in [6.45, 7) is 0. The number of carbonyl (C=O) groups is 1. The third-order valence-corrected chi connectivity index (χ3v) is 1.47. The summed E-state index contributed by atoms with van der Waals surface area (Å²) in [5.74, 6) is -1.33. The molecule has 5 heteroatoms. The highest BCUT2D eigenvalue weighted by Gasteiger charge is 2.35. The number of furan rings is 1. The molecule has 0 aliphatic heterocycles. The second kappa shape index (κ2) is 3.23. The van der Waals surface area contributed by atoms with Crippen molar-refractivity contribution < 1.29 is 18.0 Å². The molecular weight excluding hydrogens is 190 g/mol. The molecule has 0 fully saturated rings. The van der Waals surface area contributed by atoms with Gasteiger partial charge < -0.3 is 4.42 Å². The van der Waals surface area contributed by atoms with Crippen molar-refractivity contribution in [3.8, 4) is 0 Å². The fourth-order valence-corrected chi connectivity index (χ4v) is 0.746. The standard InChI is InChI=1S/C7H5ClF2O2/c8-7(9,10)6(11)3-5-1-2-12-4-5/h1-2,4H,3H2. The Morgan fingerprint density at radius 3 is 2.75 bits per heavy atom. The Labute approximate surface area is 72.1 Å². The van der Waals surface area contributed by atoms with Crippen molar-refractivity contribution in [2.24, 2.45) is 0 Å². The van der Waals surface area contributed by atoms with E-state index in [-0.39, 0.29) is 0 Å². The molecule has 66 valence electrons. The van der Waals surface area contributed by atoms with Gasteiger partial charge in [-0.25, -0.2) is 0 Å². The minimum atomic E-state index is -3.78. The van der Waals surface area contributed by atoms with Gasteiger partial charge in [0.1, 0.15) is 0 Å². The predicted molar refractivity (Wildman–Crippen MR) is 38.2 cm³/mol. The fourth-order valence-electron chi connectivity index (χ4n) is 0.679. The average Bonchev–Trinajstić information content (AvgIpc) is 2.37. The number of alkyl halides is 3. The molecule has 1 aromatic rings. The van der Waals surface area contributed by atoms with Crippen molar-refractivity contribution in [3.63, 3.8) is 0 Å². The van der Waals surface area contributed by atoms with Crippen LogP contribution in [0.2, 0.25) is 0 Å². The molecule has 0 aromatic carbocycles. The van der Waals surface area contributed by atoms with Crippen LogP contribution in [0.4, 0.5) is 8.78 Å². The zero-order valence-electron chi connectivity index (χ0n) is 5.89. The third kappa shape index (κ3) is 2.30. The first-order valence-electron chi connectivity index (χ1n) is 3.11. The van der Waals surface area contributed by atoms with Gasteiger partial charge in [-0.05, 0) is 23.2 Å². The van der Waals surface area contributed by atoms with E-state index in [0.29, 0.717) is 5.56 Å². The summed E-state index contributed by atoms with van der Waals surface area (Å²) in [6.07, 6.45) is 2.11. The summed E-state index contributed by atoms with van der Waals surface area (Å²) in [5, 5.41) is -3.78. The molecule has 1 heterocycles. The quantitative estimate of drug-likeness (QED) is 0.691. The van der Waals surface area contributed by atoms with E-state index in [1.54, 1.807) is 0 Å². The lowest BCUT2D eigenvalue weighted by Gasteiger charge is -2.03. The van der Waals surface area contributed by atoms with Gasteiger partial charge in [0, 0.05) is 6.42 Å². The van der Waals surface area contributed by atoms with Crippen LogP contribution in [0.5, 0.6) is 0 Å². The maximum absolute atomic E-state index is 12.1. The molecule has 0 atom stereocenters. The smallest absolute Gasteiger partial charge is 0.380 e. The van der Waals surface area contributed by atoms with Crippen LogP contribution in [0.3, 0.4) is 0 Å². The van der Waals surface area contributed by atoms with Crippen molar-refractivity contribution in [2.75, 3.05) is 0 Å². The highest BCUT2D eigenvalue weighted by molar-refractivity contribution is 6.32. The molecule has 0 aliphatic rings. The van der Waals surface area contributed by atoms with E-state index in [4.69, 9.17) is 0 Å². The molecule has 0 saturated carbocycles. The summed E-state index contributed by atoms with van der Waals surface area (Å²) >= 11 is 4.49. The van der Waals surface area contributed by atoms with E-state index >= 15 is 0 Å². The van der Waals surface area contributed by atoms with Crippen molar-refractivity contribution in [2.45, 2.75) is 11.8 Å². The third-order valence-electron chi connectivity index (χ3n) is 1.26. The van der Waals surface area contributed by atoms with Crippen molar-refractivity contribution in [1.29, 1.82) is 0 Å². The Bertz CT molecular complexity index is 263. The van der Waals surface area contributed by atoms with E-state index in [1.807, 2.05) is 0 Å². The molecule has 1 rings (SSSR count). The normalized spacial score (nSPS) is 11.6. The van der Waals surface area contributed by atoms with Gasteiger partial charge in [0.25, 0.3) is 0 Å². The summed E-state index contributed by atoms with van der Waals surface area (Å²) in [5.41, 5.74) is 0.389. The van der Waals surface area contributed by atoms with Crippen LogP contribution in [-0.2, 0) is 11.2 Å². The van der Waals surface area contributed by atoms with Gasteiger partial charge in [0.05, 0.1) is 12.5 Å². The van der Waals surface area contributed by atoms with Gasteiger partial charge in [-0.3, -0.25) is 4.79 Å². The van der Waals surface area contributed by atoms with Gasteiger partial charge in [-0.2, -0.15) is 8.78 Å². The highest BCUT2D eigenvalue weighted by atomic mass is 35.5. The Hall–Kier alpha value is -0.900.